The molecule has 0 radical (unpaired) electrons. The van der Waals surface area contributed by atoms with Crippen LogP contribution in [0.2, 0.25) is 0 Å². The molecule has 5 nitrogen and oxygen atoms in total. The van der Waals surface area contributed by atoms with E-state index < -0.39 is 0 Å². The molecule has 0 saturated heterocycles. The van der Waals surface area contributed by atoms with Crippen molar-refractivity contribution >= 4 is 40.9 Å². The Bertz CT molecular complexity index is 713. The SMILES string of the molecule is CCn1ccnc1SCC(=O)c1ccc(NC(C)=O)c(SC)c1. The molecule has 1 heterocycles. The van der Waals surface area contributed by atoms with Crippen LogP contribution in [0.5, 0.6) is 0 Å². The monoisotopic (exact) mass is 349 g/mol. The van der Waals surface area contributed by atoms with Crippen LogP contribution in [-0.4, -0.2) is 33.3 Å². The van der Waals surface area contributed by atoms with E-state index in [1.54, 1.807) is 18.3 Å². The van der Waals surface area contributed by atoms with Gasteiger partial charge in [-0.2, -0.15) is 0 Å². The Hall–Kier alpha value is -1.73. The van der Waals surface area contributed by atoms with E-state index in [2.05, 4.69) is 10.3 Å². The molecule has 2 aromatic rings. The molecule has 0 aliphatic heterocycles. The van der Waals surface area contributed by atoms with E-state index in [4.69, 9.17) is 0 Å². The number of nitrogens with zero attached hydrogens (tertiary/aromatic N) is 2. The first-order valence-electron chi connectivity index (χ1n) is 7.18. The molecule has 0 bridgehead atoms. The van der Waals surface area contributed by atoms with Crippen LogP contribution in [0.1, 0.15) is 24.2 Å². The first kappa shape index (κ1) is 17.6. The van der Waals surface area contributed by atoms with Gasteiger partial charge in [0.15, 0.2) is 10.9 Å². The Balaban J connectivity index is 2.08. The summed E-state index contributed by atoms with van der Waals surface area (Å²) in [6.07, 6.45) is 5.56. The number of rotatable bonds is 7. The lowest BCUT2D eigenvalue weighted by atomic mass is 10.1. The number of imidazole rings is 1. The van der Waals surface area contributed by atoms with Crippen molar-refractivity contribution in [2.75, 3.05) is 17.3 Å². The van der Waals surface area contributed by atoms with E-state index in [-0.39, 0.29) is 11.7 Å². The first-order valence-corrected chi connectivity index (χ1v) is 9.39. The van der Waals surface area contributed by atoms with Crippen LogP contribution < -0.4 is 5.32 Å². The third kappa shape index (κ3) is 4.62. The van der Waals surface area contributed by atoms with Gasteiger partial charge in [-0.1, -0.05) is 11.8 Å². The van der Waals surface area contributed by atoms with E-state index in [1.807, 2.05) is 30.0 Å². The zero-order chi connectivity index (χ0) is 16.8. The van der Waals surface area contributed by atoms with Crippen LogP contribution in [0.25, 0.3) is 0 Å². The first-order chi connectivity index (χ1) is 11.0. The number of ketones is 1. The van der Waals surface area contributed by atoms with Crippen LogP contribution in [0, 0.1) is 0 Å². The number of hydrogen-bond acceptors (Lipinski definition) is 5. The Morgan fingerprint density at radius 2 is 2.13 bits per heavy atom. The van der Waals surface area contributed by atoms with Crippen LogP contribution in [-0.2, 0) is 11.3 Å². The molecule has 0 aliphatic carbocycles. The van der Waals surface area contributed by atoms with Gasteiger partial charge in [0.25, 0.3) is 0 Å². The summed E-state index contributed by atoms with van der Waals surface area (Å²) in [5, 5.41) is 3.62. The van der Waals surface area contributed by atoms with Gasteiger partial charge in [0.05, 0.1) is 11.4 Å². The summed E-state index contributed by atoms with van der Waals surface area (Å²) in [5.74, 6) is 0.260. The summed E-state index contributed by atoms with van der Waals surface area (Å²) in [4.78, 5) is 28.7. The molecule has 122 valence electrons. The summed E-state index contributed by atoms with van der Waals surface area (Å²) in [7, 11) is 0. The molecule has 0 aliphatic rings. The van der Waals surface area contributed by atoms with Crippen molar-refractivity contribution in [1.29, 1.82) is 0 Å². The maximum Gasteiger partial charge on any atom is 0.221 e. The average Bonchev–Trinajstić information content (AvgIpc) is 2.99. The zero-order valence-corrected chi connectivity index (χ0v) is 15.0. The number of amides is 1. The molecule has 1 amide bonds. The van der Waals surface area contributed by atoms with E-state index in [0.29, 0.717) is 11.3 Å². The van der Waals surface area contributed by atoms with Crippen LogP contribution in [0.4, 0.5) is 5.69 Å². The van der Waals surface area contributed by atoms with Gasteiger partial charge in [-0.05, 0) is 31.4 Å². The normalized spacial score (nSPS) is 10.6. The van der Waals surface area contributed by atoms with Gasteiger partial charge >= 0.3 is 0 Å². The second-order valence-electron chi connectivity index (χ2n) is 4.80. The third-order valence-electron chi connectivity index (χ3n) is 3.18. The fourth-order valence-corrected chi connectivity index (χ4v) is 3.55. The molecule has 0 fully saturated rings. The lowest BCUT2D eigenvalue weighted by molar-refractivity contribution is -0.114. The Labute approximate surface area is 144 Å². The zero-order valence-electron chi connectivity index (χ0n) is 13.3. The number of aromatic nitrogens is 2. The Morgan fingerprint density at radius 3 is 2.78 bits per heavy atom. The topological polar surface area (TPSA) is 64.0 Å². The van der Waals surface area contributed by atoms with Crippen LogP contribution >= 0.6 is 23.5 Å². The smallest absolute Gasteiger partial charge is 0.221 e. The van der Waals surface area contributed by atoms with Gasteiger partial charge < -0.3 is 9.88 Å². The van der Waals surface area contributed by atoms with E-state index in [0.717, 1.165) is 22.3 Å². The summed E-state index contributed by atoms with van der Waals surface area (Å²) in [6, 6.07) is 5.35. The molecule has 7 heteroatoms. The highest BCUT2D eigenvalue weighted by atomic mass is 32.2. The van der Waals surface area contributed by atoms with Crippen molar-refractivity contribution < 1.29 is 9.59 Å². The number of aryl methyl sites for hydroxylation is 1. The molecule has 0 spiro atoms. The van der Waals surface area contributed by atoms with Gasteiger partial charge in [0, 0.05) is 36.3 Å². The van der Waals surface area contributed by atoms with Crippen molar-refractivity contribution in [1.82, 2.24) is 9.55 Å². The minimum atomic E-state index is -0.124. The standard InChI is InChI=1S/C16H19N3O2S2/c1-4-19-8-7-17-16(19)23-10-14(21)12-5-6-13(18-11(2)20)15(9-12)22-3/h5-9H,4,10H2,1-3H3,(H,18,20). The van der Waals surface area contributed by atoms with Gasteiger partial charge in [-0.3, -0.25) is 9.59 Å². The van der Waals surface area contributed by atoms with Crippen molar-refractivity contribution in [3.05, 3.63) is 36.2 Å². The molecule has 1 aromatic heterocycles. The third-order valence-corrected chi connectivity index (χ3v) is 4.97. The van der Waals surface area contributed by atoms with Crippen molar-refractivity contribution in [2.24, 2.45) is 0 Å². The summed E-state index contributed by atoms with van der Waals surface area (Å²) >= 11 is 2.94. The second-order valence-corrected chi connectivity index (χ2v) is 6.59. The molecule has 23 heavy (non-hydrogen) atoms. The predicted molar refractivity (Wildman–Crippen MR) is 95.5 cm³/mol. The molecule has 1 aromatic carbocycles. The van der Waals surface area contributed by atoms with Crippen molar-refractivity contribution in [3.8, 4) is 0 Å². The molecule has 0 saturated carbocycles. The largest absolute Gasteiger partial charge is 0.326 e. The highest BCUT2D eigenvalue weighted by Crippen LogP contribution is 2.27. The summed E-state index contributed by atoms with van der Waals surface area (Å²) in [5.41, 5.74) is 1.38. The fraction of sp³-hybridized carbons (Fsp3) is 0.312. The van der Waals surface area contributed by atoms with E-state index in [9.17, 15) is 9.59 Å². The fourth-order valence-electron chi connectivity index (χ4n) is 2.05. The lowest BCUT2D eigenvalue weighted by Gasteiger charge is -2.10. The number of benzene rings is 1. The minimum absolute atomic E-state index is 0.0466. The highest BCUT2D eigenvalue weighted by Gasteiger charge is 2.12. The number of carbonyl (C=O) groups is 2. The number of Topliss-reactive ketones (excluding diaryl/α,β-unsaturated/α-hetero) is 1. The Morgan fingerprint density at radius 1 is 1.35 bits per heavy atom. The van der Waals surface area contributed by atoms with E-state index in [1.165, 1.54) is 30.4 Å². The number of carbonyl (C=O) groups excluding carboxylic acids is 2. The maximum atomic E-state index is 12.4. The quantitative estimate of drug-likeness (QED) is 0.612. The van der Waals surface area contributed by atoms with Crippen LogP contribution in [0.15, 0.2) is 40.6 Å². The molecular formula is C16H19N3O2S2. The number of thioether (sulfide) groups is 2. The van der Waals surface area contributed by atoms with Gasteiger partial charge in [-0.15, -0.1) is 11.8 Å². The average molecular weight is 349 g/mol. The van der Waals surface area contributed by atoms with E-state index >= 15 is 0 Å². The van der Waals surface area contributed by atoms with Crippen molar-refractivity contribution in [2.45, 2.75) is 30.4 Å². The summed E-state index contributed by atoms with van der Waals surface area (Å²) < 4.78 is 2.01. The molecule has 0 unspecified atom stereocenters. The van der Waals surface area contributed by atoms with Gasteiger partial charge in [0.1, 0.15) is 0 Å². The minimum Gasteiger partial charge on any atom is -0.326 e. The Kier molecular flexibility index (Phi) is 6.29. The maximum absolute atomic E-state index is 12.4. The summed E-state index contributed by atoms with van der Waals surface area (Å²) in [6.45, 7) is 4.34. The van der Waals surface area contributed by atoms with Gasteiger partial charge in [-0.25, -0.2) is 4.98 Å². The van der Waals surface area contributed by atoms with Crippen molar-refractivity contribution in [3.63, 3.8) is 0 Å². The molecule has 0 atom stereocenters. The highest BCUT2D eigenvalue weighted by molar-refractivity contribution is 7.99. The molecular weight excluding hydrogens is 330 g/mol. The van der Waals surface area contributed by atoms with Crippen LogP contribution in [0.3, 0.4) is 0 Å². The molecule has 1 N–H and O–H groups in total. The lowest BCUT2D eigenvalue weighted by Crippen LogP contribution is -2.08. The molecule has 2 rings (SSSR count). The number of nitrogens with one attached hydrogen (secondary N) is 1. The predicted octanol–water partition coefficient (Wildman–Crippen LogP) is 3.56. The number of hydrogen-bond donors (Lipinski definition) is 1. The second kappa shape index (κ2) is 8.21. The van der Waals surface area contributed by atoms with Gasteiger partial charge in [0.2, 0.25) is 5.91 Å². The number of anilines is 1.